The van der Waals surface area contributed by atoms with Gasteiger partial charge in [0, 0.05) is 13.1 Å². The molecule has 1 heterocycles. The predicted molar refractivity (Wildman–Crippen MR) is 75.6 cm³/mol. The Morgan fingerprint density at radius 2 is 2.11 bits per heavy atom. The quantitative estimate of drug-likeness (QED) is 0.710. The third kappa shape index (κ3) is 2.47. The number of ether oxygens (including phenoxy) is 1. The smallest absolute Gasteiger partial charge is 0.309 e. The Morgan fingerprint density at radius 3 is 2.68 bits per heavy atom. The van der Waals surface area contributed by atoms with Crippen molar-refractivity contribution in [3.8, 4) is 0 Å². The molecule has 0 N–H and O–H groups in total. The second-order valence-electron chi connectivity index (χ2n) is 5.64. The van der Waals surface area contributed by atoms with Gasteiger partial charge in [-0.05, 0) is 32.0 Å². The number of likely N-dealkylation sites (N-methyl/N-ethyl adjacent to an activating group) is 2. The van der Waals surface area contributed by atoms with Gasteiger partial charge in [0.05, 0.1) is 19.2 Å². The number of carbonyl (C=O) groups excluding carboxylic acids is 1. The van der Waals surface area contributed by atoms with Crippen LogP contribution in [0.4, 0.5) is 0 Å². The minimum absolute atomic E-state index is 0.0534. The highest BCUT2D eigenvalue weighted by molar-refractivity contribution is 5.71. The van der Waals surface area contributed by atoms with Crippen LogP contribution in [0.2, 0.25) is 0 Å². The average molecular weight is 264 g/mol. The van der Waals surface area contributed by atoms with Gasteiger partial charge < -0.3 is 4.74 Å². The maximum atomic E-state index is 11.4. The fourth-order valence-electron chi connectivity index (χ4n) is 3.26. The van der Waals surface area contributed by atoms with Gasteiger partial charge in [-0.2, -0.15) is 0 Å². The van der Waals surface area contributed by atoms with Crippen LogP contribution in [0.1, 0.15) is 19.8 Å². The number of allylic oxidation sites excluding steroid dienone is 1. The lowest BCUT2D eigenvalue weighted by Crippen LogP contribution is -2.53. The number of esters is 1. The molecule has 1 unspecified atom stereocenters. The summed E-state index contributed by atoms with van der Waals surface area (Å²) >= 11 is 0. The Bertz CT molecular complexity index is 404. The number of carbonyl (C=O) groups is 1. The topological polar surface area (TPSA) is 32.8 Å². The summed E-state index contributed by atoms with van der Waals surface area (Å²) in [5.41, 5.74) is 1.17. The van der Waals surface area contributed by atoms with E-state index in [2.05, 4.69) is 43.0 Å². The molecule has 19 heavy (non-hydrogen) atoms. The fourth-order valence-corrected chi connectivity index (χ4v) is 3.26. The van der Waals surface area contributed by atoms with Crippen LogP contribution in [0.3, 0.4) is 0 Å². The van der Waals surface area contributed by atoms with Crippen LogP contribution >= 0.6 is 0 Å². The van der Waals surface area contributed by atoms with E-state index in [1.54, 1.807) is 0 Å². The van der Waals surface area contributed by atoms with Crippen molar-refractivity contribution in [1.29, 1.82) is 0 Å². The number of rotatable bonds is 2. The predicted octanol–water partition coefficient (Wildman–Crippen LogP) is 1.65. The van der Waals surface area contributed by atoms with Gasteiger partial charge in [-0.15, -0.1) is 0 Å². The molecule has 0 aromatic rings. The summed E-state index contributed by atoms with van der Waals surface area (Å²) < 4.78 is 4.73. The third-order valence-electron chi connectivity index (χ3n) is 4.42. The van der Waals surface area contributed by atoms with E-state index in [1.165, 1.54) is 12.7 Å². The lowest BCUT2D eigenvalue weighted by Gasteiger charge is -2.45. The molecule has 0 aromatic heterocycles. The Kier molecular flexibility index (Phi) is 4.11. The van der Waals surface area contributed by atoms with Gasteiger partial charge in [-0.1, -0.05) is 25.2 Å². The molecule has 1 aliphatic heterocycles. The summed E-state index contributed by atoms with van der Waals surface area (Å²) in [6.45, 7) is 4.37. The van der Waals surface area contributed by atoms with E-state index >= 15 is 0 Å². The Hall–Kier alpha value is -1.13. The van der Waals surface area contributed by atoms with Crippen molar-refractivity contribution in [2.24, 2.45) is 5.92 Å². The molecule has 1 fully saturated rings. The number of hydrogen-bond acceptors (Lipinski definition) is 4. The summed E-state index contributed by atoms with van der Waals surface area (Å²) in [6.07, 6.45) is 7.84. The standard InChI is InChI=1S/C15H24N2O2/c1-12-5-6-13(7-8-14(18)19-4)15(11-12)16(2)9-10-17(15)3/h5-7,12H,8-11H2,1-4H3/b13-7+. The zero-order valence-electron chi connectivity index (χ0n) is 12.3. The first kappa shape index (κ1) is 14.3. The van der Waals surface area contributed by atoms with E-state index in [1.807, 2.05) is 6.08 Å². The van der Waals surface area contributed by atoms with E-state index in [4.69, 9.17) is 4.74 Å². The third-order valence-corrected chi connectivity index (χ3v) is 4.42. The van der Waals surface area contributed by atoms with Crippen LogP contribution in [0.5, 0.6) is 0 Å². The molecule has 2 rings (SSSR count). The van der Waals surface area contributed by atoms with Gasteiger partial charge in [0.2, 0.25) is 0 Å². The summed E-state index contributed by atoms with van der Waals surface area (Å²) in [5, 5.41) is 0. The molecular weight excluding hydrogens is 240 g/mol. The first-order chi connectivity index (χ1) is 9.00. The van der Waals surface area contributed by atoms with Crippen LogP contribution in [0.15, 0.2) is 23.8 Å². The van der Waals surface area contributed by atoms with E-state index in [0.717, 1.165) is 19.5 Å². The molecule has 1 atom stereocenters. The van der Waals surface area contributed by atoms with Gasteiger partial charge >= 0.3 is 5.97 Å². The molecule has 1 spiro atoms. The van der Waals surface area contributed by atoms with Gasteiger partial charge in [-0.3, -0.25) is 14.6 Å². The normalized spacial score (nSPS) is 29.3. The van der Waals surface area contributed by atoms with Gasteiger partial charge in [-0.25, -0.2) is 0 Å². The van der Waals surface area contributed by atoms with E-state index in [-0.39, 0.29) is 11.6 Å². The van der Waals surface area contributed by atoms with Crippen molar-refractivity contribution < 1.29 is 9.53 Å². The number of hydrogen-bond donors (Lipinski definition) is 0. The lowest BCUT2D eigenvalue weighted by molar-refractivity contribution is -0.139. The van der Waals surface area contributed by atoms with Crippen molar-refractivity contribution in [2.45, 2.75) is 25.4 Å². The Morgan fingerprint density at radius 1 is 1.47 bits per heavy atom. The first-order valence-corrected chi connectivity index (χ1v) is 6.89. The highest BCUT2D eigenvalue weighted by atomic mass is 16.5. The van der Waals surface area contributed by atoms with E-state index in [9.17, 15) is 4.79 Å². The maximum absolute atomic E-state index is 11.4. The molecule has 1 aliphatic carbocycles. The molecule has 0 radical (unpaired) electrons. The zero-order chi connectivity index (χ0) is 14.0. The molecule has 4 nitrogen and oxygen atoms in total. The van der Waals surface area contributed by atoms with Crippen molar-refractivity contribution in [2.75, 3.05) is 34.3 Å². The van der Waals surface area contributed by atoms with Crippen LogP contribution in [-0.2, 0) is 9.53 Å². The van der Waals surface area contributed by atoms with Crippen molar-refractivity contribution in [3.05, 3.63) is 23.8 Å². The Labute approximate surface area is 115 Å². The van der Waals surface area contributed by atoms with Crippen LogP contribution < -0.4 is 0 Å². The highest BCUT2D eigenvalue weighted by Gasteiger charge is 2.47. The zero-order valence-corrected chi connectivity index (χ0v) is 12.3. The molecule has 0 amide bonds. The highest BCUT2D eigenvalue weighted by Crippen LogP contribution is 2.41. The van der Waals surface area contributed by atoms with Crippen LogP contribution in [0, 0.1) is 5.92 Å². The summed E-state index contributed by atoms with van der Waals surface area (Å²) in [5.74, 6) is 0.372. The number of nitrogens with zero attached hydrogens (tertiary/aromatic N) is 2. The Balaban J connectivity index is 2.32. The summed E-state index contributed by atoms with van der Waals surface area (Å²) in [4.78, 5) is 16.2. The SMILES string of the molecule is COC(=O)C/C=C1\C=CC(C)CC12N(C)CCN2C. The average Bonchev–Trinajstić information content (AvgIpc) is 2.66. The monoisotopic (exact) mass is 264 g/mol. The van der Waals surface area contributed by atoms with Crippen LogP contribution in [-0.4, -0.2) is 55.7 Å². The molecule has 4 heteroatoms. The van der Waals surface area contributed by atoms with Gasteiger partial charge in [0.25, 0.3) is 0 Å². The van der Waals surface area contributed by atoms with E-state index in [0.29, 0.717) is 12.3 Å². The largest absolute Gasteiger partial charge is 0.469 e. The van der Waals surface area contributed by atoms with Gasteiger partial charge in [0.15, 0.2) is 0 Å². The number of methoxy groups -OCH3 is 1. The van der Waals surface area contributed by atoms with Gasteiger partial charge in [0.1, 0.15) is 0 Å². The molecule has 1 saturated heterocycles. The maximum Gasteiger partial charge on any atom is 0.309 e. The molecule has 106 valence electrons. The second-order valence-corrected chi connectivity index (χ2v) is 5.64. The summed E-state index contributed by atoms with van der Waals surface area (Å²) in [7, 11) is 5.77. The second kappa shape index (κ2) is 5.47. The molecule has 0 aromatic carbocycles. The van der Waals surface area contributed by atoms with Crippen molar-refractivity contribution in [3.63, 3.8) is 0 Å². The van der Waals surface area contributed by atoms with Crippen molar-refractivity contribution in [1.82, 2.24) is 9.80 Å². The van der Waals surface area contributed by atoms with E-state index < -0.39 is 0 Å². The lowest BCUT2D eigenvalue weighted by atomic mass is 9.81. The minimum atomic E-state index is -0.182. The first-order valence-electron chi connectivity index (χ1n) is 6.89. The molecular formula is C15H24N2O2. The fraction of sp³-hybridized carbons (Fsp3) is 0.667. The minimum Gasteiger partial charge on any atom is -0.469 e. The van der Waals surface area contributed by atoms with Crippen LogP contribution in [0.25, 0.3) is 0 Å². The molecule has 0 bridgehead atoms. The van der Waals surface area contributed by atoms with Crippen molar-refractivity contribution >= 4 is 5.97 Å². The summed E-state index contributed by atoms with van der Waals surface area (Å²) in [6, 6.07) is 0. The molecule has 0 saturated carbocycles. The molecule has 2 aliphatic rings.